The molecule has 0 aliphatic rings. The lowest BCUT2D eigenvalue weighted by molar-refractivity contribution is 0.290. The molecule has 2 aromatic carbocycles. The molecule has 0 N–H and O–H groups in total. The van der Waals surface area contributed by atoms with E-state index in [-0.39, 0.29) is 17.4 Å². The smallest absolute Gasteiger partial charge is 0.174 e. The molecule has 0 spiro atoms. The lowest BCUT2D eigenvalue weighted by Crippen LogP contribution is -1.97. The van der Waals surface area contributed by atoms with Crippen molar-refractivity contribution in [3.05, 3.63) is 63.3 Å². The number of hydrogen-bond acceptors (Lipinski definition) is 1. The molecule has 0 saturated heterocycles. The monoisotopic (exact) mass is 314 g/mol. The van der Waals surface area contributed by atoms with Gasteiger partial charge in [0.05, 0.1) is 5.02 Å². The van der Waals surface area contributed by atoms with E-state index in [1.54, 1.807) is 12.1 Å². The van der Waals surface area contributed by atoms with Gasteiger partial charge in [0.25, 0.3) is 0 Å². The van der Waals surface area contributed by atoms with Crippen LogP contribution in [0.15, 0.2) is 46.9 Å². The minimum absolute atomic E-state index is 0.0945. The molecule has 0 aromatic heterocycles. The quantitative estimate of drug-likeness (QED) is 0.789. The Hall–Kier alpha value is -1.06. The first kappa shape index (κ1) is 12.4. The Morgan fingerprint density at radius 2 is 1.82 bits per heavy atom. The van der Waals surface area contributed by atoms with Crippen LogP contribution >= 0.6 is 27.5 Å². The van der Waals surface area contributed by atoms with Crippen molar-refractivity contribution in [2.75, 3.05) is 0 Å². The summed E-state index contributed by atoms with van der Waals surface area (Å²) in [7, 11) is 0. The van der Waals surface area contributed by atoms with Crippen molar-refractivity contribution in [3.63, 3.8) is 0 Å². The summed E-state index contributed by atoms with van der Waals surface area (Å²) in [5.74, 6) is -0.355. The van der Waals surface area contributed by atoms with Crippen LogP contribution in [0.5, 0.6) is 5.75 Å². The number of para-hydroxylation sites is 1. The van der Waals surface area contributed by atoms with Crippen LogP contribution < -0.4 is 4.74 Å². The molecule has 2 rings (SSSR count). The number of halogens is 3. The second kappa shape index (κ2) is 5.52. The fourth-order valence-corrected chi connectivity index (χ4v) is 1.84. The Labute approximate surface area is 112 Å². The van der Waals surface area contributed by atoms with E-state index in [2.05, 4.69) is 15.9 Å². The van der Waals surface area contributed by atoms with Crippen molar-refractivity contribution < 1.29 is 9.13 Å². The fourth-order valence-electron chi connectivity index (χ4n) is 1.36. The summed E-state index contributed by atoms with van der Waals surface area (Å²) >= 11 is 9.19. The molecule has 88 valence electrons. The van der Waals surface area contributed by atoms with E-state index in [9.17, 15) is 4.39 Å². The highest BCUT2D eigenvalue weighted by molar-refractivity contribution is 9.10. The van der Waals surface area contributed by atoms with Gasteiger partial charge in [0.1, 0.15) is 6.61 Å². The van der Waals surface area contributed by atoms with Crippen LogP contribution in [0.25, 0.3) is 0 Å². The average molecular weight is 316 g/mol. The van der Waals surface area contributed by atoms with Crippen LogP contribution in [0.3, 0.4) is 0 Å². The lowest BCUT2D eigenvalue weighted by atomic mass is 10.2. The van der Waals surface area contributed by atoms with Crippen molar-refractivity contribution in [3.8, 4) is 5.75 Å². The molecule has 0 heterocycles. The van der Waals surface area contributed by atoms with Crippen LogP contribution in [0.4, 0.5) is 4.39 Å². The number of ether oxygens (including phenoxy) is 1. The van der Waals surface area contributed by atoms with E-state index < -0.39 is 5.82 Å². The van der Waals surface area contributed by atoms with E-state index in [1.807, 2.05) is 24.3 Å². The Morgan fingerprint density at radius 3 is 2.47 bits per heavy atom. The number of hydrogen-bond donors (Lipinski definition) is 0. The van der Waals surface area contributed by atoms with Crippen molar-refractivity contribution in [2.24, 2.45) is 0 Å². The van der Waals surface area contributed by atoms with Gasteiger partial charge >= 0.3 is 0 Å². The molecule has 0 unspecified atom stereocenters. The topological polar surface area (TPSA) is 9.23 Å². The molecule has 0 saturated carbocycles. The van der Waals surface area contributed by atoms with Gasteiger partial charge in [-0.1, -0.05) is 45.7 Å². The number of benzene rings is 2. The van der Waals surface area contributed by atoms with E-state index in [4.69, 9.17) is 16.3 Å². The van der Waals surface area contributed by atoms with Gasteiger partial charge in [0.15, 0.2) is 11.6 Å². The van der Waals surface area contributed by atoms with Crippen LogP contribution in [0.1, 0.15) is 5.56 Å². The zero-order valence-electron chi connectivity index (χ0n) is 8.79. The molecular formula is C13H9BrClFO. The van der Waals surface area contributed by atoms with Gasteiger partial charge in [-0.3, -0.25) is 0 Å². The van der Waals surface area contributed by atoms with Gasteiger partial charge in [0.2, 0.25) is 0 Å². The molecule has 2 aromatic rings. The Kier molecular flexibility index (Phi) is 4.02. The third-order valence-corrected chi connectivity index (χ3v) is 3.04. The van der Waals surface area contributed by atoms with E-state index in [1.165, 1.54) is 6.07 Å². The largest absolute Gasteiger partial charge is 0.484 e. The van der Waals surface area contributed by atoms with Gasteiger partial charge < -0.3 is 4.74 Å². The SMILES string of the molecule is Fc1cccc(Cl)c1OCc1ccc(Br)cc1. The standard InChI is InChI=1S/C13H9BrClFO/c14-10-6-4-9(5-7-10)8-17-13-11(15)2-1-3-12(13)16/h1-7H,8H2. The third-order valence-electron chi connectivity index (χ3n) is 2.22. The summed E-state index contributed by atoms with van der Waals surface area (Å²) < 4.78 is 19.8. The summed E-state index contributed by atoms with van der Waals surface area (Å²) in [6.07, 6.45) is 0. The van der Waals surface area contributed by atoms with Gasteiger partial charge in [-0.25, -0.2) is 4.39 Å². The van der Waals surface area contributed by atoms with E-state index >= 15 is 0 Å². The predicted octanol–water partition coefficient (Wildman–Crippen LogP) is 4.82. The molecule has 0 amide bonds. The maximum atomic E-state index is 13.4. The summed E-state index contributed by atoms with van der Waals surface area (Å²) in [6, 6.07) is 12.1. The molecule has 1 nitrogen and oxygen atoms in total. The normalized spacial score (nSPS) is 10.3. The van der Waals surface area contributed by atoms with Crippen LogP contribution in [-0.2, 0) is 6.61 Å². The molecule has 17 heavy (non-hydrogen) atoms. The van der Waals surface area contributed by atoms with Gasteiger partial charge in [-0.05, 0) is 29.8 Å². The summed E-state index contributed by atoms with van der Waals surface area (Å²) in [6.45, 7) is 0.286. The summed E-state index contributed by atoms with van der Waals surface area (Å²) in [4.78, 5) is 0. The van der Waals surface area contributed by atoms with Gasteiger partial charge in [-0.2, -0.15) is 0 Å². The summed E-state index contributed by atoms with van der Waals surface area (Å²) in [5, 5.41) is 0.280. The minimum atomic E-state index is -0.449. The predicted molar refractivity (Wildman–Crippen MR) is 69.9 cm³/mol. The van der Waals surface area contributed by atoms with Crippen molar-refractivity contribution in [2.45, 2.75) is 6.61 Å². The average Bonchev–Trinajstić information content (AvgIpc) is 2.31. The maximum Gasteiger partial charge on any atom is 0.174 e. The van der Waals surface area contributed by atoms with Gasteiger partial charge in [0, 0.05) is 4.47 Å². The van der Waals surface area contributed by atoms with Crippen molar-refractivity contribution in [1.82, 2.24) is 0 Å². The second-order valence-electron chi connectivity index (χ2n) is 3.47. The molecule has 0 radical (unpaired) electrons. The molecule has 0 aliphatic carbocycles. The molecule has 0 aliphatic heterocycles. The fraction of sp³-hybridized carbons (Fsp3) is 0.0769. The Morgan fingerprint density at radius 1 is 1.12 bits per heavy atom. The Balaban J connectivity index is 2.10. The van der Waals surface area contributed by atoms with Gasteiger partial charge in [-0.15, -0.1) is 0 Å². The second-order valence-corrected chi connectivity index (χ2v) is 4.79. The van der Waals surface area contributed by atoms with Crippen LogP contribution in [0, 0.1) is 5.82 Å². The lowest BCUT2D eigenvalue weighted by Gasteiger charge is -2.08. The molecule has 0 atom stereocenters. The van der Waals surface area contributed by atoms with Crippen LogP contribution in [-0.4, -0.2) is 0 Å². The number of rotatable bonds is 3. The molecule has 0 fully saturated rings. The molecule has 0 bridgehead atoms. The zero-order chi connectivity index (χ0) is 12.3. The molecule has 4 heteroatoms. The molecular weight excluding hydrogens is 306 g/mol. The van der Waals surface area contributed by atoms with Crippen molar-refractivity contribution >= 4 is 27.5 Å². The first-order chi connectivity index (χ1) is 8.16. The first-order valence-corrected chi connectivity index (χ1v) is 6.15. The highest BCUT2D eigenvalue weighted by Gasteiger charge is 2.07. The highest BCUT2D eigenvalue weighted by atomic mass is 79.9. The first-order valence-electron chi connectivity index (χ1n) is 4.98. The maximum absolute atomic E-state index is 13.4. The minimum Gasteiger partial charge on any atom is -0.484 e. The highest BCUT2D eigenvalue weighted by Crippen LogP contribution is 2.28. The van der Waals surface area contributed by atoms with Crippen molar-refractivity contribution in [1.29, 1.82) is 0 Å². The van der Waals surface area contributed by atoms with E-state index in [0.717, 1.165) is 10.0 Å². The van der Waals surface area contributed by atoms with Crippen LogP contribution in [0.2, 0.25) is 5.02 Å². The third kappa shape index (κ3) is 3.20. The zero-order valence-corrected chi connectivity index (χ0v) is 11.1. The van der Waals surface area contributed by atoms with E-state index in [0.29, 0.717) is 0 Å². The summed E-state index contributed by atoms with van der Waals surface area (Å²) in [5.41, 5.74) is 0.951. The Bertz CT molecular complexity index is 493.